The van der Waals surface area contributed by atoms with Crippen molar-refractivity contribution in [1.29, 1.82) is 0 Å². The highest BCUT2D eigenvalue weighted by Gasteiger charge is 2.47. The zero-order valence-electron chi connectivity index (χ0n) is 40.3. The Balaban J connectivity index is 1.14. The molecule has 2 aromatic carbocycles. The summed E-state index contributed by atoms with van der Waals surface area (Å²) in [5.41, 5.74) is 27.9. The molecular formula is C68H66. The van der Waals surface area contributed by atoms with Crippen molar-refractivity contribution >= 4 is 33.9 Å². The molecule has 0 nitrogen and oxygen atoms in total. The third-order valence-corrected chi connectivity index (χ3v) is 15.9. The van der Waals surface area contributed by atoms with Gasteiger partial charge in [0.15, 0.2) is 0 Å². The number of rotatable bonds is 9. The largest absolute Gasteiger partial charge is 0.0877 e. The molecule has 0 heteroatoms. The Morgan fingerprint density at radius 2 is 1.34 bits per heavy atom. The van der Waals surface area contributed by atoms with Crippen LogP contribution in [0.15, 0.2) is 216 Å². The molecule has 0 radical (unpaired) electrons. The van der Waals surface area contributed by atoms with Crippen molar-refractivity contribution in [3.05, 3.63) is 260 Å². The maximum absolute atomic E-state index is 2.65. The molecule has 0 spiro atoms. The molecule has 1 saturated carbocycles. The fourth-order valence-electron chi connectivity index (χ4n) is 12.7. The summed E-state index contributed by atoms with van der Waals surface area (Å²) in [5.74, 6) is 0.697. The average Bonchev–Trinajstić information content (AvgIpc) is 4.18. The summed E-state index contributed by atoms with van der Waals surface area (Å²) >= 11 is 0. The first-order valence-electron chi connectivity index (χ1n) is 25.9. The van der Waals surface area contributed by atoms with Crippen molar-refractivity contribution in [2.45, 2.75) is 103 Å². The Kier molecular flexibility index (Phi) is 12.9. The maximum atomic E-state index is 2.65. The number of fused-ring (bicyclic) bond motifs is 3. The Hall–Kier alpha value is -6.50. The third kappa shape index (κ3) is 8.64. The maximum Gasteiger partial charge on any atom is 0.0213 e. The Labute approximate surface area is 407 Å². The van der Waals surface area contributed by atoms with E-state index in [9.17, 15) is 0 Å². The van der Waals surface area contributed by atoms with Gasteiger partial charge in [0.1, 0.15) is 0 Å². The molecule has 0 aliphatic heterocycles. The molecule has 2 aromatic rings. The number of allylic oxidation sites excluding steroid dienone is 37. The van der Waals surface area contributed by atoms with Gasteiger partial charge in [0.25, 0.3) is 0 Å². The highest BCUT2D eigenvalue weighted by molar-refractivity contribution is 6.06. The van der Waals surface area contributed by atoms with Gasteiger partial charge in [-0.1, -0.05) is 211 Å². The highest BCUT2D eigenvalue weighted by atomic mass is 14.5. The van der Waals surface area contributed by atoms with Crippen molar-refractivity contribution in [2.24, 2.45) is 11.8 Å². The van der Waals surface area contributed by atoms with Gasteiger partial charge in [0.2, 0.25) is 0 Å². The zero-order valence-corrected chi connectivity index (χ0v) is 40.3. The van der Waals surface area contributed by atoms with Crippen LogP contribution in [-0.2, 0) is 0 Å². The average molecular weight is 883 g/mol. The van der Waals surface area contributed by atoms with Crippen molar-refractivity contribution in [1.82, 2.24) is 0 Å². The predicted octanol–water partition coefficient (Wildman–Crippen LogP) is 18.6. The van der Waals surface area contributed by atoms with Crippen molar-refractivity contribution in [2.75, 3.05) is 0 Å². The minimum Gasteiger partial charge on any atom is -0.0877 e. The van der Waals surface area contributed by atoms with Crippen LogP contribution >= 0.6 is 0 Å². The first kappa shape index (κ1) is 44.0. The Morgan fingerprint density at radius 3 is 2.06 bits per heavy atom. The molecule has 0 saturated heterocycles. The lowest BCUT2D eigenvalue weighted by molar-refractivity contribution is 0.601. The summed E-state index contributed by atoms with van der Waals surface area (Å²) in [4.78, 5) is 0. The molecule has 11 rings (SSSR count). The van der Waals surface area contributed by atoms with Crippen LogP contribution in [0.3, 0.4) is 0 Å². The lowest BCUT2D eigenvalue weighted by Gasteiger charge is -2.37. The second kappa shape index (κ2) is 20.0. The molecule has 0 bridgehead atoms. The molecule has 2 atom stereocenters. The van der Waals surface area contributed by atoms with E-state index in [2.05, 4.69) is 202 Å². The summed E-state index contributed by atoms with van der Waals surface area (Å²) in [7, 11) is 0. The van der Waals surface area contributed by atoms with Crippen LogP contribution in [0.2, 0.25) is 0 Å². The molecule has 68 heavy (non-hydrogen) atoms. The SMILES string of the molecule is CC=CC=C(CC1=CC=CCC1)C1=CC=CC=CC=C(c2ccccc2C2=CC=CCC2)CC2=CC=C3c4c(C5=CCCC=C5)c(C=C5CCCC5)c(C)c(C5C=CC=C5)c4C4=CC=C(C1)C2C34. The topological polar surface area (TPSA) is 0 Å². The fourth-order valence-corrected chi connectivity index (χ4v) is 12.7. The molecule has 0 N–H and O–H groups in total. The summed E-state index contributed by atoms with van der Waals surface area (Å²) in [6.45, 7) is 4.60. The van der Waals surface area contributed by atoms with Crippen molar-refractivity contribution in [3.8, 4) is 0 Å². The quantitative estimate of drug-likeness (QED) is 0.220. The molecule has 0 amide bonds. The van der Waals surface area contributed by atoms with Crippen LogP contribution in [0.4, 0.5) is 0 Å². The zero-order chi connectivity index (χ0) is 45.8. The smallest absolute Gasteiger partial charge is 0.0213 e. The number of benzene rings is 2. The van der Waals surface area contributed by atoms with Gasteiger partial charge in [-0.2, -0.15) is 0 Å². The lowest BCUT2D eigenvalue weighted by atomic mass is 9.66. The fraction of sp³-hybridized carbons (Fsp3) is 0.265. The first-order chi connectivity index (χ1) is 33.6. The van der Waals surface area contributed by atoms with E-state index in [1.165, 1.54) is 126 Å². The van der Waals surface area contributed by atoms with E-state index in [0.29, 0.717) is 0 Å². The summed E-state index contributed by atoms with van der Waals surface area (Å²) in [6, 6.07) is 9.21. The molecule has 0 aromatic heterocycles. The highest BCUT2D eigenvalue weighted by Crippen LogP contribution is 2.62. The van der Waals surface area contributed by atoms with Crippen LogP contribution in [-0.4, -0.2) is 0 Å². The molecule has 9 aliphatic carbocycles. The second-order valence-corrected chi connectivity index (χ2v) is 20.1. The normalized spacial score (nSPS) is 23.1. The summed E-state index contributed by atoms with van der Waals surface area (Å²) in [6.07, 6.45) is 78.8. The van der Waals surface area contributed by atoms with Crippen molar-refractivity contribution in [3.63, 3.8) is 0 Å². The minimum absolute atomic E-state index is 0.217. The van der Waals surface area contributed by atoms with Gasteiger partial charge in [0, 0.05) is 17.8 Å². The van der Waals surface area contributed by atoms with E-state index in [-0.39, 0.29) is 17.8 Å². The van der Waals surface area contributed by atoms with Gasteiger partial charge in [-0.15, -0.1) is 0 Å². The third-order valence-electron chi connectivity index (χ3n) is 15.9. The number of hydrogen-bond donors (Lipinski definition) is 0. The second-order valence-electron chi connectivity index (χ2n) is 20.1. The Morgan fingerprint density at radius 1 is 0.618 bits per heavy atom. The van der Waals surface area contributed by atoms with Crippen LogP contribution in [0.5, 0.6) is 0 Å². The standard InChI is InChI=1S/C68H66/c1-3-4-28-53(43-48-24-10-7-11-25-48)54-35-12-5-6-13-36-55(59-38-23-22-37-58(59)50-29-14-8-15-30-50)46-57-40-42-61-66-60(41-39-56(45-54)64(57)66)67-63(51-33-20-21-34-51)47(2)62(44-49-26-18-19-27-49)65(68(61)67)52-31-16-9-17-32-52/h3-8,10,12-14,16,20-24,28-29,31-42,44,51,64,66H,9,11,15,17-19,25-27,30,43,45-46H2,1-2H3. The van der Waals surface area contributed by atoms with E-state index < -0.39 is 0 Å². The van der Waals surface area contributed by atoms with Gasteiger partial charge >= 0.3 is 0 Å². The summed E-state index contributed by atoms with van der Waals surface area (Å²) in [5, 5.41) is 0. The van der Waals surface area contributed by atoms with Crippen LogP contribution in [0, 0.1) is 18.8 Å². The minimum atomic E-state index is 0.217. The van der Waals surface area contributed by atoms with Gasteiger partial charge in [-0.25, -0.2) is 0 Å². The van der Waals surface area contributed by atoms with Gasteiger partial charge in [-0.3, -0.25) is 0 Å². The molecule has 9 aliphatic rings. The molecule has 2 unspecified atom stereocenters. The van der Waals surface area contributed by atoms with E-state index in [1.54, 1.807) is 5.57 Å². The van der Waals surface area contributed by atoms with Crippen molar-refractivity contribution < 1.29 is 0 Å². The predicted molar refractivity (Wildman–Crippen MR) is 294 cm³/mol. The monoisotopic (exact) mass is 883 g/mol. The van der Waals surface area contributed by atoms with E-state index in [1.807, 2.05) is 0 Å². The molecule has 1 fully saturated rings. The van der Waals surface area contributed by atoms with Crippen LogP contribution < -0.4 is 0 Å². The molecule has 338 valence electrons. The van der Waals surface area contributed by atoms with Crippen LogP contribution in [0.25, 0.3) is 33.9 Å². The van der Waals surface area contributed by atoms with Gasteiger partial charge < -0.3 is 0 Å². The van der Waals surface area contributed by atoms with E-state index in [4.69, 9.17) is 0 Å². The van der Waals surface area contributed by atoms with E-state index >= 15 is 0 Å². The van der Waals surface area contributed by atoms with Crippen LogP contribution in [0.1, 0.15) is 141 Å². The molecule has 0 heterocycles. The molecular weight excluding hydrogens is 817 g/mol. The first-order valence-corrected chi connectivity index (χ1v) is 25.9. The Bertz CT molecular complexity index is 3000. The van der Waals surface area contributed by atoms with Gasteiger partial charge in [0.05, 0.1) is 0 Å². The number of hydrogen-bond acceptors (Lipinski definition) is 0. The lowest BCUT2D eigenvalue weighted by Crippen LogP contribution is -2.24. The summed E-state index contributed by atoms with van der Waals surface area (Å²) < 4.78 is 0. The van der Waals surface area contributed by atoms with Gasteiger partial charge in [-0.05, 0) is 181 Å². The van der Waals surface area contributed by atoms with E-state index in [0.717, 1.165) is 57.8 Å².